The van der Waals surface area contributed by atoms with Crippen molar-refractivity contribution in [3.63, 3.8) is 0 Å². The molecule has 2 N–H and O–H groups in total. The first-order valence-electron chi connectivity index (χ1n) is 6.35. The summed E-state index contributed by atoms with van der Waals surface area (Å²) in [5, 5.41) is 12.7. The number of aliphatic hydroxyl groups is 1. The van der Waals surface area contributed by atoms with Gasteiger partial charge in [-0.1, -0.05) is 6.42 Å². The minimum atomic E-state index is -2.54. The fourth-order valence-electron chi connectivity index (χ4n) is 2.49. The molecule has 2 unspecified atom stereocenters. The molecule has 1 aromatic heterocycles. The van der Waals surface area contributed by atoms with Crippen LogP contribution in [0.3, 0.4) is 0 Å². The molecule has 1 saturated carbocycles. The van der Waals surface area contributed by atoms with Gasteiger partial charge in [-0.05, 0) is 31.7 Å². The average Bonchev–Trinajstić information content (AvgIpc) is 2.77. The number of nitrogens with zero attached hydrogens (tertiary/aromatic N) is 2. The highest BCUT2D eigenvalue weighted by molar-refractivity contribution is 4.92. The normalized spacial score (nSPS) is 24.7. The average molecular weight is 259 g/mol. The SMILES string of the molecule is OC1CCCC(CNCc2nccn2C(F)F)C1. The molecule has 102 valence electrons. The Kier molecular flexibility index (Phi) is 4.66. The maximum Gasteiger partial charge on any atom is 0.319 e. The quantitative estimate of drug-likeness (QED) is 0.849. The molecule has 0 radical (unpaired) electrons. The number of alkyl halides is 2. The van der Waals surface area contributed by atoms with E-state index in [4.69, 9.17) is 0 Å². The molecular formula is C12H19F2N3O. The molecule has 6 heteroatoms. The van der Waals surface area contributed by atoms with E-state index in [1.54, 1.807) is 0 Å². The van der Waals surface area contributed by atoms with E-state index in [9.17, 15) is 13.9 Å². The lowest BCUT2D eigenvalue weighted by Gasteiger charge is -2.25. The molecule has 0 aliphatic heterocycles. The van der Waals surface area contributed by atoms with Crippen molar-refractivity contribution in [1.29, 1.82) is 0 Å². The van der Waals surface area contributed by atoms with Gasteiger partial charge in [-0.15, -0.1) is 0 Å². The van der Waals surface area contributed by atoms with Crippen LogP contribution in [-0.2, 0) is 6.54 Å². The Balaban J connectivity index is 1.76. The molecule has 0 amide bonds. The Labute approximate surface area is 105 Å². The fraction of sp³-hybridized carbons (Fsp3) is 0.750. The Hall–Kier alpha value is -1.01. The van der Waals surface area contributed by atoms with E-state index in [0.717, 1.165) is 36.8 Å². The van der Waals surface area contributed by atoms with E-state index in [-0.39, 0.29) is 6.10 Å². The van der Waals surface area contributed by atoms with E-state index >= 15 is 0 Å². The van der Waals surface area contributed by atoms with Crippen molar-refractivity contribution in [3.05, 3.63) is 18.2 Å². The molecule has 0 aromatic carbocycles. The molecule has 4 nitrogen and oxygen atoms in total. The standard InChI is InChI=1S/C12H19F2N3O/c13-12(14)17-5-4-16-11(17)8-15-7-9-2-1-3-10(18)6-9/h4-5,9-10,12,15,18H,1-3,6-8H2. The molecule has 2 rings (SSSR count). The van der Waals surface area contributed by atoms with Crippen molar-refractivity contribution < 1.29 is 13.9 Å². The molecule has 0 spiro atoms. The van der Waals surface area contributed by atoms with Gasteiger partial charge in [-0.3, -0.25) is 4.57 Å². The van der Waals surface area contributed by atoms with E-state index in [0.29, 0.717) is 18.3 Å². The first-order valence-corrected chi connectivity index (χ1v) is 6.35. The molecule has 1 aliphatic carbocycles. The number of rotatable bonds is 5. The third-order valence-electron chi connectivity index (χ3n) is 3.43. The summed E-state index contributed by atoms with van der Waals surface area (Å²) in [6, 6.07) is 0. The Morgan fingerprint density at radius 1 is 1.50 bits per heavy atom. The molecule has 0 saturated heterocycles. The highest BCUT2D eigenvalue weighted by Gasteiger charge is 2.20. The predicted octanol–water partition coefficient (Wildman–Crippen LogP) is 1.92. The first kappa shape index (κ1) is 13.4. The van der Waals surface area contributed by atoms with Gasteiger partial charge in [-0.25, -0.2) is 4.98 Å². The van der Waals surface area contributed by atoms with E-state index in [2.05, 4.69) is 10.3 Å². The van der Waals surface area contributed by atoms with Gasteiger partial charge in [0.15, 0.2) is 0 Å². The molecule has 18 heavy (non-hydrogen) atoms. The highest BCUT2D eigenvalue weighted by atomic mass is 19.3. The summed E-state index contributed by atoms with van der Waals surface area (Å²) in [5.41, 5.74) is 0. The number of halogens is 2. The molecule has 0 bridgehead atoms. The molecular weight excluding hydrogens is 240 g/mol. The second-order valence-corrected chi connectivity index (χ2v) is 4.85. The fourth-order valence-corrected chi connectivity index (χ4v) is 2.49. The number of aliphatic hydroxyl groups excluding tert-OH is 1. The topological polar surface area (TPSA) is 50.1 Å². The summed E-state index contributed by atoms with van der Waals surface area (Å²) in [6.07, 6.45) is 6.28. The van der Waals surface area contributed by atoms with Crippen LogP contribution in [-0.4, -0.2) is 27.3 Å². The zero-order valence-corrected chi connectivity index (χ0v) is 10.2. The Morgan fingerprint density at radius 2 is 2.33 bits per heavy atom. The minimum absolute atomic E-state index is 0.200. The first-order chi connectivity index (χ1) is 8.66. The third kappa shape index (κ3) is 3.49. The Bertz CT molecular complexity index is 370. The second-order valence-electron chi connectivity index (χ2n) is 4.85. The summed E-state index contributed by atoms with van der Waals surface area (Å²) in [4.78, 5) is 3.91. The van der Waals surface area contributed by atoms with Crippen LogP contribution in [0, 0.1) is 5.92 Å². The maximum absolute atomic E-state index is 12.6. The number of nitrogens with one attached hydrogen (secondary N) is 1. The lowest BCUT2D eigenvalue weighted by Crippen LogP contribution is -2.29. The van der Waals surface area contributed by atoms with Crippen LogP contribution < -0.4 is 5.32 Å². The van der Waals surface area contributed by atoms with Crippen LogP contribution in [0.1, 0.15) is 38.1 Å². The van der Waals surface area contributed by atoms with E-state index in [1.807, 2.05) is 0 Å². The zero-order chi connectivity index (χ0) is 13.0. The summed E-state index contributed by atoms with van der Waals surface area (Å²) >= 11 is 0. The lowest BCUT2D eigenvalue weighted by molar-refractivity contribution is 0.0664. The lowest BCUT2D eigenvalue weighted by atomic mass is 9.87. The van der Waals surface area contributed by atoms with Crippen LogP contribution in [0.15, 0.2) is 12.4 Å². The van der Waals surface area contributed by atoms with Gasteiger partial charge in [0.2, 0.25) is 0 Å². The van der Waals surface area contributed by atoms with Gasteiger partial charge in [-0.2, -0.15) is 8.78 Å². The molecule has 1 aliphatic rings. The zero-order valence-electron chi connectivity index (χ0n) is 10.2. The molecule has 2 atom stereocenters. The molecule has 1 fully saturated rings. The van der Waals surface area contributed by atoms with Gasteiger partial charge in [0.1, 0.15) is 5.82 Å². The maximum atomic E-state index is 12.6. The van der Waals surface area contributed by atoms with Crippen molar-refractivity contribution in [2.45, 2.75) is 44.9 Å². The van der Waals surface area contributed by atoms with Crippen molar-refractivity contribution >= 4 is 0 Å². The number of aromatic nitrogens is 2. The molecule has 1 heterocycles. The summed E-state index contributed by atoms with van der Waals surface area (Å²) < 4.78 is 26.0. The Morgan fingerprint density at radius 3 is 3.06 bits per heavy atom. The second kappa shape index (κ2) is 6.24. The minimum Gasteiger partial charge on any atom is -0.393 e. The van der Waals surface area contributed by atoms with Crippen LogP contribution in [0.5, 0.6) is 0 Å². The summed E-state index contributed by atoms with van der Waals surface area (Å²) in [7, 11) is 0. The highest BCUT2D eigenvalue weighted by Crippen LogP contribution is 2.23. The smallest absolute Gasteiger partial charge is 0.319 e. The van der Waals surface area contributed by atoms with Crippen molar-refractivity contribution in [2.75, 3.05) is 6.54 Å². The van der Waals surface area contributed by atoms with Gasteiger partial charge in [0.05, 0.1) is 12.6 Å². The van der Waals surface area contributed by atoms with E-state index in [1.165, 1.54) is 12.4 Å². The van der Waals surface area contributed by atoms with E-state index < -0.39 is 6.55 Å². The number of hydrogen-bond donors (Lipinski definition) is 2. The number of imidazole rings is 1. The number of hydrogen-bond acceptors (Lipinski definition) is 3. The van der Waals surface area contributed by atoms with Gasteiger partial charge in [0, 0.05) is 12.4 Å². The molecule has 1 aromatic rings. The monoisotopic (exact) mass is 259 g/mol. The van der Waals surface area contributed by atoms with Gasteiger partial charge < -0.3 is 10.4 Å². The van der Waals surface area contributed by atoms with Gasteiger partial charge >= 0.3 is 6.55 Å². The van der Waals surface area contributed by atoms with Crippen molar-refractivity contribution in [1.82, 2.24) is 14.9 Å². The van der Waals surface area contributed by atoms with Crippen LogP contribution in [0.4, 0.5) is 8.78 Å². The third-order valence-corrected chi connectivity index (χ3v) is 3.43. The van der Waals surface area contributed by atoms with Crippen LogP contribution in [0.2, 0.25) is 0 Å². The van der Waals surface area contributed by atoms with Crippen molar-refractivity contribution in [3.8, 4) is 0 Å². The van der Waals surface area contributed by atoms with Crippen LogP contribution in [0.25, 0.3) is 0 Å². The summed E-state index contributed by atoms with van der Waals surface area (Å²) in [6.45, 7) is -1.46. The van der Waals surface area contributed by atoms with Crippen molar-refractivity contribution in [2.24, 2.45) is 5.92 Å². The van der Waals surface area contributed by atoms with Gasteiger partial charge in [0.25, 0.3) is 0 Å². The van der Waals surface area contributed by atoms with Crippen LogP contribution >= 0.6 is 0 Å². The largest absolute Gasteiger partial charge is 0.393 e. The predicted molar refractivity (Wildman–Crippen MR) is 63.2 cm³/mol. The summed E-state index contributed by atoms with van der Waals surface area (Å²) in [5.74, 6) is 0.782.